The van der Waals surface area contributed by atoms with Crippen molar-refractivity contribution in [2.75, 3.05) is 5.32 Å². The number of para-hydroxylation sites is 1. The predicted molar refractivity (Wildman–Crippen MR) is 134 cm³/mol. The molecule has 1 aliphatic heterocycles. The number of allylic oxidation sites excluding steroid dienone is 1. The molecule has 1 aliphatic rings. The molecule has 170 valence electrons. The minimum absolute atomic E-state index is 0.264. The van der Waals surface area contributed by atoms with Gasteiger partial charge in [0, 0.05) is 10.7 Å². The maximum Gasteiger partial charge on any atom is 0.271 e. The second-order valence-electron chi connectivity index (χ2n) is 7.87. The topological polar surface area (TPSA) is 76.6 Å². The number of anilines is 1. The maximum atomic E-state index is 13.6. The number of fused-ring (bicyclic) bond motifs is 1. The van der Waals surface area contributed by atoms with E-state index in [9.17, 15) is 9.59 Å². The van der Waals surface area contributed by atoms with E-state index < -0.39 is 6.04 Å². The number of benzene rings is 2. The quantitative estimate of drug-likeness (QED) is 0.460. The lowest BCUT2D eigenvalue weighted by molar-refractivity contribution is -0.113. The molecule has 1 atom stereocenters. The Morgan fingerprint density at radius 2 is 1.82 bits per heavy atom. The minimum atomic E-state index is -0.748. The van der Waals surface area contributed by atoms with E-state index in [4.69, 9.17) is 16.0 Å². The molecular formula is C26H20ClN3O3S. The first-order chi connectivity index (χ1) is 16.4. The zero-order valence-corrected chi connectivity index (χ0v) is 20.0. The molecule has 1 amide bonds. The fraction of sp³-hybridized carbons (Fsp3) is 0.115. The molecule has 6 nitrogen and oxygen atoms in total. The normalized spacial score (nSPS) is 15.7. The average molecular weight is 490 g/mol. The Morgan fingerprint density at radius 3 is 2.53 bits per heavy atom. The van der Waals surface area contributed by atoms with Crippen molar-refractivity contribution in [3.8, 4) is 0 Å². The third-order valence-electron chi connectivity index (χ3n) is 5.52. The summed E-state index contributed by atoms with van der Waals surface area (Å²) in [5.74, 6) is 0.841. The molecule has 4 aromatic rings. The number of carbonyl (C=O) groups is 1. The summed E-state index contributed by atoms with van der Waals surface area (Å²) in [6.45, 7) is 3.60. The molecule has 2 aromatic heterocycles. The Bertz CT molecular complexity index is 1610. The fourth-order valence-corrected chi connectivity index (χ4v) is 5.16. The molecule has 5 rings (SSSR count). The molecule has 8 heteroatoms. The lowest BCUT2D eigenvalue weighted by Gasteiger charge is -2.23. The summed E-state index contributed by atoms with van der Waals surface area (Å²) in [5.41, 5.74) is 2.00. The number of thiazole rings is 1. The highest BCUT2D eigenvalue weighted by Gasteiger charge is 2.34. The summed E-state index contributed by atoms with van der Waals surface area (Å²) < 4.78 is 7.91. The number of rotatable bonds is 4. The van der Waals surface area contributed by atoms with Gasteiger partial charge in [-0.3, -0.25) is 14.2 Å². The van der Waals surface area contributed by atoms with Crippen molar-refractivity contribution < 1.29 is 9.21 Å². The fourth-order valence-electron chi connectivity index (χ4n) is 3.93. The third kappa shape index (κ3) is 4.04. The lowest BCUT2D eigenvalue weighted by Crippen LogP contribution is -2.40. The number of halogens is 1. The van der Waals surface area contributed by atoms with Crippen molar-refractivity contribution >= 4 is 40.6 Å². The van der Waals surface area contributed by atoms with Crippen molar-refractivity contribution in [2.24, 2.45) is 4.99 Å². The first kappa shape index (κ1) is 22.1. The van der Waals surface area contributed by atoms with E-state index in [-0.39, 0.29) is 11.5 Å². The van der Waals surface area contributed by atoms with Gasteiger partial charge >= 0.3 is 0 Å². The van der Waals surface area contributed by atoms with Crippen LogP contribution in [0.15, 0.2) is 92.2 Å². The number of hydrogen-bond acceptors (Lipinski definition) is 5. The van der Waals surface area contributed by atoms with E-state index in [1.54, 1.807) is 37.3 Å². The molecule has 0 aliphatic carbocycles. The molecule has 3 heterocycles. The van der Waals surface area contributed by atoms with Gasteiger partial charge < -0.3 is 9.73 Å². The van der Waals surface area contributed by atoms with Gasteiger partial charge in [0.05, 0.1) is 15.8 Å². The van der Waals surface area contributed by atoms with E-state index in [1.807, 2.05) is 49.4 Å². The van der Waals surface area contributed by atoms with E-state index in [2.05, 4.69) is 10.3 Å². The number of nitrogens with zero attached hydrogens (tertiary/aromatic N) is 2. The standard InChI is InChI=1S/C26H20ClN3O3S/c1-15-12-13-20(33-15)23-22(24(31)29-18-9-4-3-5-10-18)16(2)28-26-30(23)25(32)21(34-26)14-17-8-6-7-11-19(17)27/h3-14,23H,1-2H3,(H,29,31)/b21-14-. The molecule has 0 spiro atoms. The summed E-state index contributed by atoms with van der Waals surface area (Å²) in [5, 5.41) is 3.46. The van der Waals surface area contributed by atoms with E-state index >= 15 is 0 Å². The van der Waals surface area contributed by atoms with E-state index in [0.717, 1.165) is 5.56 Å². The predicted octanol–water partition coefficient (Wildman–Crippen LogP) is 4.43. The number of aryl methyl sites for hydroxylation is 1. The van der Waals surface area contributed by atoms with Gasteiger partial charge in [-0.05, 0) is 55.8 Å². The smallest absolute Gasteiger partial charge is 0.271 e. The van der Waals surface area contributed by atoms with E-state index in [1.165, 1.54) is 15.9 Å². The average Bonchev–Trinajstić information content (AvgIpc) is 3.38. The lowest BCUT2D eigenvalue weighted by atomic mass is 10.00. The summed E-state index contributed by atoms with van der Waals surface area (Å²) in [7, 11) is 0. The van der Waals surface area contributed by atoms with Crippen molar-refractivity contribution in [3.05, 3.63) is 120 Å². The van der Waals surface area contributed by atoms with Crippen LogP contribution in [0, 0.1) is 6.92 Å². The zero-order chi connectivity index (χ0) is 23.8. The second-order valence-corrected chi connectivity index (χ2v) is 9.29. The Morgan fingerprint density at radius 1 is 1.09 bits per heavy atom. The van der Waals surface area contributed by atoms with Crippen LogP contribution in [0.2, 0.25) is 5.02 Å². The van der Waals surface area contributed by atoms with Gasteiger partial charge in [-0.25, -0.2) is 4.99 Å². The van der Waals surface area contributed by atoms with Crippen LogP contribution in [0.4, 0.5) is 5.69 Å². The summed E-state index contributed by atoms with van der Waals surface area (Å²) in [4.78, 5) is 32.1. The van der Waals surface area contributed by atoms with Crippen LogP contribution in [0.25, 0.3) is 6.08 Å². The highest BCUT2D eigenvalue weighted by molar-refractivity contribution is 7.07. The highest BCUT2D eigenvalue weighted by atomic mass is 35.5. The molecule has 1 unspecified atom stereocenters. The molecule has 34 heavy (non-hydrogen) atoms. The highest BCUT2D eigenvalue weighted by Crippen LogP contribution is 2.31. The van der Waals surface area contributed by atoms with Crippen LogP contribution < -0.4 is 20.2 Å². The Kier molecular flexibility index (Phi) is 5.81. The zero-order valence-electron chi connectivity index (χ0n) is 18.4. The van der Waals surface area contributed by atoms with Crippen molar-refractivity contribution in [1.82, 2.24) is 4.57 Å². The van der Waals surface area contributed by atoms with Gasteiger partial charge in [-0.1, -0.05) is 59.3 Å². The molecule has 0 radical (unpaired) electrons. The second kappa shape index (κ2) is 8.93. The van der Waals surface area contributed by atoms with Crippen LogP contribution in [-0.4, -0.2) is 10.5 Å². The van der Waals surface area contributed by atoms with Gasteiger partial charge in [0.2, 0.25) is 0 Å². The Labute approximate surface area is 204 Å². The first-order valence-electron chi connectivity index (χ1n) is 10.6. The Balaban J connectivity index is 1.68. The SMILES string of the molecule is CC1=C(C(=O)Nc2ccccc2)C(c2ccc(C)o2)n2c(s/c(=C\c3ccccc3Cl)c2=O)=N1. The van der Waals surface area contributed by atoms with Crippen molar-refractivity contribution in [2.45, 2.75) is 19.9 Å². The number of aromatic nitrogens is 1. The third-order valence-corrected chi connectivity index (χ3v) is 6.85. The summed E-state index contributed by atoms with van der Waals surface area (Å²) >= 11 is 7.56. The molecule has 0 saturated heterocycles. The summed E-state index contributed by atoms with van der Waals surface area (Å²) in [6.07, 6.45) is 1.75. The number of amides is 1. The number of carbonyl (C=O) groups excluding carboxylic acids is 1. The maximum absolute atomic E-state index is 13.6. The van der Waals surface area contributed by atoms with E-state index in [0.29, 0.717) is 42.8 Å². The van der Waals surface area contributed by atoms with Crippen LogP contribution in [0.5, 0.6) is 0 Å². The first-order valence-corrected chi connectivity index (χ1v) is 11.8. The van der Waals surface area contributed by atoms with Gasteiger partial charge in [0.15, 0.2) is 4.80 Å². The molecule has 0 fully saturated rings. The van der Waals surface area contributed by atoms with Crippen molar-refractivity contribution in [3.63, 3.8) is 0 Å². The van der Waals surface area contributed by atoms with Crippen LogP contribution >= 0.6 is 22.9 Å². The van der Waals surface area contributed by atoms with Crippen LogP contribution in [0.1, 0.15) is 30.0 Å². The largest absolute Gasteiger partial charge is 0.464 e. The van der Waals surface area contributed by atoms with Crippen LogP contribution in [0.3, 0.4) is 0 Å². The molecule has 0 bridgehead atoms. The van der Waals surface area contributed by atoms with Crippen molar-refractivity contribution in [1.29, 1.82) is 0 Å². The summed E-state index contributed by atoms with van der Waals surface area (Å²) in [6, 6.07) is 19.3. The van der Waals surface area contributed by atoms with Gasteiger partial charge in [0.25, 0.3) is 11.5 Å². The molecule has 2 aromatic carbocycles. The Hall–Kier alpha value is -3.68. The molecule has 0 saturated carbocycles. The van der Waals surface area contributed by atoms with Gasteiger partial charge in [-0.15, -0.1) is 0 Å². The molecular weight excluding hydrogens is 470 g/mol. The minimum Gasteiger partial charge on any atom is -0.464 e. The number of nitrogens with one attached hydrogen (secondary N) is 1. The van der Waals surface area contributed by atoms with Crippen LogP contribution in [-0.2, 0) is 4.79 Å². The van der Waals surface area contributed by atoms with Gasteiger partial charge in [0.1, 0.15) is 17.6 Å². The number of furan rings is 1. The van der Waals surface area contributed by atoms with Gasteiger partial charge in [-0.2, -0.15) is 0 Å². The number of hydrogen-bond donors (Lipinski definition) is 1. The molecule has 1 N–H and O–H groups in total. The monoisotopic (exact) mass is 489 g/mol.